The van der Waals surface area contributed by atoms with E-state index in [-0.39, 0.29) is 5.92 Å². The van der Waals surface area contributed by atoms with E-state index in [4.69, 9.17) is 5.41 Å². The highest BCUT2D eigenvalue weighted by molar-refractivity contribution is 8.07. The van der Waals surface area contributed by atoms with Gasteiger partial charge in [0.1, 0.15) is 0 Å². The monoisotopic (exact) mass is 575 g/mol. The van der Waals surface area contributed by atoms with Gasteiger partial charge in [-0.3, -0.25) is 4.79 Å². The lowest BCUT2D eigenvalue weighted by Crippen LogP contribution is -2.15. The number of carbonyl (C=O) groups is 1. The van der Waals surface area contributed by atoms with E-state index >= 15 is 0 Å². The number of nitrogens with one attached hydrogen (secondary N) is 2. The van der Waals surface area contributed by atoms with Crippen LogP contribution in [0.2, 0.25) is 0 Å². The SMILES string of the molecule is C=C(SC(=C(C)C)C(C=N)=C(C)C)C(C)c1ccccc1.CC.CC/C(C)=C\c1c(CNC=O)cccc1N(C)C. The molecule has 0 fully saturated rings. The molecule has 0 heterocycles. The summed E-state index contributed by atoms with van der Waals surface area (Å²) in [6, 6.07) is 16.6. The van der Waals surface area contributed by atoms with Gasteiger partial charge >= 0.3 is 0 Å². The van der Waals surface area contributed by atoms with E-state index in [0.717, 1.165) is 39.4 Å². The Balaban J connectivity index is 0.000000743. The molecule has 0 saturated heterocycles. The molecule has 2 aromatic rings. The van der Waals surface area contributed by atoms with Gasteiger partial charge in [-0.2, -0.15) is 0 Å². The van der Waals surface area contributed by atoms with Gasteiger partial charge in [0.05, 0.1) is 0 Å². The number of rotatable bonds is 12. The van der Waals surface area contributed by atoms with E-state index < -0.39 is 0 Å². The van der Waals surface area contributed by atoms with E-state index in [9.17, 15) is 4.79 Å². The van der Waals surface area contributed by atoms with Crippen LogP contribution >= 0.6 is 11.8 Å². The largest absolute Gasteiger partial charge is 0.377 e. The number of amides is 1. The lowest BCUT2D eigenvalue weighted by Gasteiger charge is -2.19. The van der Waals surface area contributed by atoms with Crippen molar-refractivity contribution >= 4 is 36.1 Å². The van der Waals surface area contributed by atoms with Gasteiger partial charge in [0, 0.05) is 54.5 Å². The lowest BCUT2D eigenvalue weighted by molar-refractivity contribution is -0.109. The Hall–Kier alpha value is -3.31. The van der Waals surface area contributed by atoms with Gasteiger partial charge in [-0.05, 0) is 63.1 Å². The highest BCUT2D eigenvalue weighted by Gasteiger charge is 2.15. The van der Waals surface area contributed by atoms with Gasteiger partial charge in [0.2, 0.25) is 6.41 Å². The molecule has 1 amide bonds. The third-order valence-corrected chi connectivity index (χ3v) is 7.82. The van der Waals surface area contributed by atoms with E-state index in [1.54, 1.807) is 11.8 Å². The molecular weight excluding hydrogens is 522 g/mol. The Morgan fingerprint density at radius 3 is 2.07 bits per heavy atom. The molecule has 0 saturated carbocycles. The summed E-state index contributed by atoms with van der Waals surface area (Å²) >= 11 is 1.69. The quantitative estimate of drug-likeness (QED) is 0.150. The van der Waals surface area contributed by atoms with Gasteiger partial charge in [-0.25, -0.2) is 0 Å². The molecule has 0 spiro atoms. The number of hydrogen-bond donors (Lipinski definition) is 2. The van der Waals surface area contributed by atoms with Crippen molar-refractivity contribution in [3.8, 4) is 0 Å². The highest BCUT2D eigenvalue weighted by atomic mass is 32.2. The van der Waals surface area contributed by atoms with Gasteiger partial charge in [-0.1, -0.05) is 111 Å². The van der Waals surface area contributed by atoms with Crippen LogP contribution in [0.4, 0.5) is 5.69 Å². The molecule has 2 N–H and O–H groups in total. The van der Waals surface area contributed by atoms with Crippen molar-refractivity contribution in [2.24, 2.45) is 0 Å². The molecule has 0 radical (unpaired) electrons. The van der Waals surface area contributed by atoms with Crippen LogP contribution in [-0.2, 0) is 11.3 Å². The van der Waals surface area contributed by atoms with E-state index in [1.165, 1.54) is 34.2 Å². The van der Waals surface area contributed by atoms with Crippen molar-refractivity contribution in [2.45, 2.75) is 81.2 Å². The second kappa shape index (κ2) is 20.5. The summed E-state index contributed by atoms with van der Waals surface area (Å²) in [7, 11) is 4.07. The van der Waals surface area contributed by atoms with Crippen molar-refractivity contribution in [2.75, 3.05) is 19.0 Å². The molecule has 41 heavy (non-hydrogen) atoms. The number of carbonyl (C=O) groups excluding carboxylic acids is 1. The number of thioether (sulfide) groups is 1. The maximum atomic E-state index is 10.4. The third-order valence-electron chi connectivity index (χ3n) is 6.38. The zero-order valence-electron chi connectivity index (χ0n) is 27.3. The number of anilines is 1. The minimum Gasteiger partial charge on any atom is -0.377 e. The second-order valence-corrected chi connectivity index (χ2v) is 11.3. The van der Waals surface area contributed by atoms with Gasteiger partial charge in [-0.15, -0.1) is 0 Å². The molecule has 5 heteroatoms. The number of benzene rings is 2. The molecule has 2 aromatic carbocycles. The van der Waals surface area contributed by atoms with Gasteiger partial charge in [0.15, 0.2) is 0 Å². The summed E-state index contributed by atoms with van der Waals surface area (Å²) in [5.74, 6) is 0.287. The van der Waals surface area contributed by atoms with Crippen molar-refractivity contribution in [1.29, 1.82) is 5.41 Å². The van der Waals surface area contributed by atoms with Crippen LogP contribution in [-0.4, -0.2) is 26.7 Å². The van der Waals surface area contributed by atoms with E-state index in [1.807, 2.05) is 53.9 Å². The highest BCUT2D eigenvalue weighted by Crippen LogP contribution is 2.40. The minimum atomic E-state index is 0.287. The zero-order chi connectivity index (χ0) is 31.5. The first-order valence-electron chi connectivity index (χ1n) is 14.4. The molecule has 0 bridgehead atoms. The van der Waals surface area contributed by atoms with Crippen molar-refractivity contribution in [1.82, 2.24) is 5.32 Å². The fourth-order valence-electron chi connectivity index (χ4n) is 3.82. The summed E-state index contributed by atoms with van der Waals surface area (Å²) in [6.07, 6.45) is 5.42. The van der Waals surface area contributed by atoms with E-state index in [2.05, 4.69) is 93.9 Å². The Labute approximate surface area is 255 Å². The predicted octanol–water partition coefficient (Wildman–Crippen LogP) is 10.2. The topological polar surface area (TPSA) is 56.2 Å². The molecule has 224 valence electrons. The summed E-state index contributed by atoms with van der Waals surface area (Å²) < 4.78 is 0. The smallest absolute Gasteiger partial charge is 0.207 e. The number of nitrogens with zero attached hydrogens (tertiary/aromatic N) is 1. The third kappa shape index (κ3) is 12.8. The van der Waals surface area contributed by atoms with Crippen molar-refractivity contribution in [3.63, 3.8) is 0 Å². The van der Waals surface area contributed by atoms with Gasteiger partial charge in [0.25, 0.3) is 0 Å². The maximum absolute atomic E-state index is 10.4. The molecule has 0 aliphatic heterocycles. The Kier molecular flexibility index (Phi) is 18.9. The maximum Gasteiger partial charge on any atom is 0.207 e. The van der Waals surface area contributed by atoms with Gasteiger partial charge < -0.3 is 15.6 Å². The number of hydrogen-bond acceptors (Lipinski definition) is 4. The molecular formula is C36H53N3OS. The summed E-state index contributed by atoms with van der Waals surface area (Å²) in [6.45, 7) is 23.6. The summed E-state index contributed by atoms with van der Waals surface area (Å²) in [5, 5.41) is 10.4. The molecule has 1 unspecified atom stereocenters. The average Bonchev–Trinajstić information content (AvgIpc) is 2.97. The molecule has 4 nitrogen and oxygen atoms in total. The second-order valence-electron chi connectivity index (χ2n) is 10.2. The first-order chi connectivity index (χ1) is 19.5. The Morgan fingerprint density at radius 1 is 1.00 bits per heavy atom. The Bertz CT molecular complexity index is 1200. The zero-order valence-corrected chi connectivity index (χ0v) is 28.1. The van der Waals surface area contributed by atoms with E-state index in [0.29, 0.717) is 6.54 Å². The molecule has 0 aliphatic carbocycles. The fraction of sp³-hybridized carbons (Fsp3) is 0.389. The van der Waals surface area contributed by atoms with Crippen LogP contribution in [0, 0.1) is 5.41 Å². The average molecular weight is 576 g/mol. The summed E-state index contributed by atoms with van der Waals surface area (Å²) in [5.41, 5.74) is 9.50. The van der Waals surface area contributed by atoms with Crippen LogP contribution < -0.4 is 10.2 Å². The van der Waals surface area contributed by atoms with Crippen LogP contribution in [0.1, 0.15) is 91.3 Å². The van der Waals surface area contributed by atoms with Crippen molar-refractivity contribution in [3.05, 3.63) is 104 Å². The van der Waals surface area contributed by atoms with Crippen LogP contribution in [0.3, 0.4) is 0 Å². The molecule has 0 aliphatic rings. The Morgan fingerprint density at radius 2 is 1.61 bits per heavy atom. The lowest BCUT2D eigenvalue weighted by atomic mass is 10.0. The first-order valence-corrected chi connectivity index (χ1v) is 15.2. The summed E-state index contributed by atoms with van der Waals surface area (Å²) in [4.78, 5) is 14.8. The van der Waals surface area contributed by atoms with Crippen LogP contribution in [0.15, 0.2) is 87.2 Å². The molecule has 1 atom stereocenters. The first kappa shape index (κ1) is 37.7. The van der Waals surface area contributed by atoms with Crippen LogP contribution in [0.25, 0.3) is 6.08 Å². The minimum absolute atomic E-state index is 0.287. The number of allylic oxidation sites excluding steroid dienone is 5. The standard InChI is InChI=1S/C19H25NS.C15H22N2O.C2H6/c1-13(2)18(12-20)19(14(3)4)21-16(6)15(5)17-10-8-7-9-11-17;1-5-12(2)9-14-13(10-16-11-18)7-6-8-15(14)17(3)4;1-2/h7-12,15,20H,6H2,1-5H3;6-9,11H,5,10H2,1-4H3,(H,16,18);1-2H3/b;12-9-;. The van der Waals surface area contributed by atoms with Crippen molar-refractivity contribution < 1.29 is 4.79 Å². The predicted molar refractivity (Wildman–Crippen MR) is 186 cm³/mol. The molecule has 0 aromatic heterocycles. The van der Waals surface area contributed by atoms with Crippen LogP contribution in [0.5, 0.6) is 0 Å². The fourth-order valence-corrected chi connectivity index (χ4v) is 4.97. The normalized spacial score (nSPS) is 11.0. The molecule has 2 rings (SSSR count).